The fourth-order valence-electron chi connectivity index (χ4n) is 2.80. The number of carbonyl (C=O) groups is 1. The highest BCUT2D eigenvalue weighted by Crippen LogP contribution is 2.30. The molecule has 2 heterocycles. The maximum Gasteiger partial charge on any atom is 0.407 e. The molecule has 22 heavy (non-hydrogen) atoms. The third-order valence-electron chi connectivity index (χ3n) is 4.13. The standard InChI is InChI=1S/C15H19BrN2O4/c16-10-1-4-17-14(7-10)22-13-8-12(9-13)21-11-2-5-18(6-3-11)15(19)20/h1,4,7,11-13H,2-3,5-6,8-9H2,(H,19,20)/t12-,13-. The number of pyridine rings is 1. The Morgan fingerprint density at radius 1 is 1.27 bits per heavy atom. The van der Waals surface area contributed by atoms with Crippen LogP contribution in [0, 0.1) is 0 Å². The van der Waals surface area contributed by atoms with Crippen LogP contribution in [0.5, 0.6) is 5.88 Å². The second-order valence-electron chi connectivity index (χ2n) is 5.75. The first-order valence-electron chi connectivity index (χ1n) is 7.51. The van der Waals surface area contributed by atoms with Gasteiger partial charge in [0.05, 0.1) is 12.2 Å². The average Bonchev–Trinajstić information content (AvgIpc) is 2.45. The lowest BCUT2D eigenvalue weighted by Crippen LogP contribution is -2.45. The minimum atomic E-state index is -0.836. The number of nitrogens with zero attached hydrogens (tertiary/aromatic N) is 2. The highest BCUT2D eigenvalue weighted by molar-refractivity contribution is 9.10. The van der Waals surface area contributed by atoms with E-state index in [0.29, 0.717) is 19.0 Å². The zero-order valence-electron chi connectivity index (χ0n) is 12.2. The van der Waals surface area contributed by atoms with Crippen molar-refractivity contribution in [1.82, 2.24) is 9.88 Å². The SMILES string of the molecule is O=C(O)N1CCC(O[C@H]2C[C@H](Oc3cc(Br)ccn3)C2)CC1. The molecule has 1 aromatic heterocycles. The second kappa shape index (κ2) is 6.83. The van der Waals surface area contributed by atoms with Gasteiger partial charge in [0.2, 0.25) is 5.88 Å². The van der Waals surface area contributed by atoms with Crippen molar-refractivity contribution in [2.45, 2.75) is 44.0 Å². The summed E-state index contributed by atoms with van der Waals surface area (Å²) in [6.07, 6.45) is 4.72. The first kappa shape index (κ1) is 15.6. The first-order valence-corrected chi connectivity index (χ1v) is 8.31. The minimum absolute atomic E-state index is 0.158. The van der Waals surface area contributed by atoms with Gasteiger partial charge in [-0.2, -0.15) is 0 Å². The van der Waals surface area contributed by atoms with Gasteiger partial charge in [0, 0.05) is 42.7 Å². The maximum atomic E-state index is 10.9. The van der Waals surface area contributed by atoms with Gasteiger partial charge in [0.25, 0.3) is 0 Å². The highest BCUT2D eigenvalue weighted by atomic mass is 79.9. The number of ether oxygens (including phenoxy) is 2. The molecule has 0 atom stereocenters. The molecule has 0 unspecified atom stereocenters. The lowest BCUT2D eigenvalue weighted by molar-refractivity contribution is -0.109. The molecule has 6 nitrogen and oxygen atoms in total. The third-order valence-corrected chi connectivity index (χ3v) is 4.63. The van der Waals surface area contributed by atoms with Gasteiger partial charge in [-0.05, 0) is 18.9 Å². The van der Waals surface area contributed by atoms with Gasteiger partial charge in [-0.15, -0.1) is 0 Å². The van der Waals surface area contributed by atoms with Gasteiger partial charge in [-0.3, -0.25) is 0 Å². The Morgan fingerprint density at radius 2 is 2.00 bits per heavy atom. The highest BCUT2D eigenvalue weighted by Gasteiger charge is 2.35. The largest absolute Gasteiger partial charge is 0.474 e. The molecule has 1 amide bonds. The van der Waals surface area contributed by atoms with E-state index in [2.05, 4.69) is 20.9 Å². The summed E-state index contributed by atoms with van der Waals surface area (Å²) in [6.45, 7) is 1.13. The molecule has 0 radical (unpaired) electrons. The Kier molecular flexibility index (Phi) is 4.83. The number of amides is 1. The molecule has 1 aromatic rings. The molecule has 3 rings (SSSR count). The zero-order valence-corrected chi connectivity index (χ0v) is 13.7. The molecule has 2 fully saturated rings. The molecule has 1 saturated carbocycles. The Labute approximate surface area is 137 Å². The number of piperidine rings is 1. The fraction of sp³-hybridized carbons (Fsp3) is 0.600. The topological polar surface area (TPSA) is 71.9 Å². The summed E-state index contributed by atoms with van der Waals surface area (Å²) in [5.41, 5.74) is 0. The molecule has 7 heteroatoms. The van der Waals surface area contributed by atoms with Gasteiger partial charge in [0.15, 0.2) is 0 Å². The molecular weight excluding hydrogens is 352 g/mol. The predicted octanol–water partition coefficient (Wildman–Crippen LogP) is 2.91. The van der Waals surface area contributed by atoms with Gasteiger partial charge in [-0.25, -0.2) is 9.78 Å². The van der Waals surface area contributed by atoms with E-state index in [1.165, 1.54) is 4.90 Å². The molecule has 2 aliphatic rings. The molecule has 0 aromatic carbocycles. The van der Waals surface area contributed by atoms with Crippen LogP contribution < -0.4 is 4.74 Å². The number of likely N-dealkylation sites (tertiary alicyclic amines) is 1. The number of aromatic nitrogens is 1. The van der Waals surface area contributed by atoms with E-state index in [9.17, 15) is 4.79 Å². The molecule has 1 aliphatic heterocycles. The van der Waals surface area contributed by atoms with Crippen molar-refractivity contribution in [3.63, 3.8) is 0 Å². The van der Waals surface area contributed by atoms with Crippen LogP contribution in [-0.4, -0.2) is 52.5 Å². The Balaban J connectivity index is 1.37. The Morgan fingerprint density at radius 3 is 2.64 bits per heavy atom. The Hall–Kier alpha value is -1.34. The smallest absolute Gasteiger partial charge is 0.407 e. The summed E-state index contributed by atoms with van der Waals surface area (Å²) in [4.78, 5) is 16.5. The third kappa shape index (κ3) is 3.89. The monoisotopic (exact) mass is 370 g/mol. The van der Waals surface area contributed by atoms with Crippen LogP contribution >= 0.6 is 15.9 Å². The van der Waals surface area contributed by atoms with Crippen LogP contribution in [0.1, 0.15) is 25.7 Å². The number of hydrogen-bond donors (Lipinski definition) is 1. The van der Waals surface area contributed by atoms with Crippen LogP contribution in [0.15, 0.2) is 22.8 Å². The van der Waals surface area contributed by atoms with Gasteiger partial charge >= 0.3 is 6.09 Å². The van der Waals surface area contributed by atoms with Crippen LogP contribution in [-0.2, 0) is 4.74 Å². The average molecular weight is 371 g/mol. The maximum absolute atomic E-state index is 10.9. The summed E-state index contributed by atoms with van der Waals surface area (Å²) in [7, 11) is 0. The number of rotatable bonds is 4. The van der Waals surface area contributed by atoms with Crippen molar-refractivity contribution in [3.05, 3.63) is 22.8 Å². The summed E-state index contributed by atoms with van der Waals surface area (Å²) >= 11 is 3.39. The van der Waals surface area contributed by atoms with Crippen LogP contribution in [0.2, 0.25) is 0 Å². The number of halogens is 1. The second-order valence-corrected chi connectivity index (χ2v) is 6.67. The van der Waals surface area contributed by atoms with E-state index in [4.69, 9.17) is 14.6 Å². The fourth-order valence-corrected chi connectivity index (χ4v) is 3.11. The van der Waals surface area contributed by atoms with Crippen LogP contribution in [0.4, 0.5) is 4.79 Å². The molecule has 0 bridgehead atoms. The van der Waals surface area contributed by atoms with Crippen LogP contribution in [0.25, 0.3) is 0 Å². The lowest BCUT2D eigenvalue weighted by atomic mass is 9.91. The first-order chi connectivity index (χ1) is 10.6. The zero-order chi connectivity index (χ0) is 15.5. The Bertz CT molecular complexity index is 528. The molecular formula is C15H19BrN2O4. The molecule has 1 aliphatic carbocycles. The van der Waals surface area contributed by atoms with E-state index < -0.39 is 6.09 Å². The van der Waals surface area contributed by atoms with Crippen molar-refractivity contribution in [2.75, 3.05) is 13.1 Å². The molecule has 0 spiro atoms. The normalized spacial score (nSPS) is 25.6. The van der Waals surface area contributed by atoms with Crippen molar-refractivity contribution in [1.29, 1.82) is 0 Å². The van der Waals surface area contributed by atoms with E-state index in [1.807, 2.05) is 12.1 Å². The van der Waals surface area contributed by atoms with E-state index in [0.717, 1.165) is 30.2 Å². The van der Waals surface area contributed by atoms with Gasteiger partial charge in [-0.1, -0.05) is 15.9 Å². The number of carboxylic acid groups (broad SMARTS) is 1. The van der Waals surface area contributed by atoms with Crippen molar-refractivity contribution >= 4 is 22.0 Å². The molecule has 1 saturated heterocycles. The van der Waals surface area contributed by atoms with Crippen molar-refractivity contribution < 1.29 is 19.4 Å². The van der Waals surface area contributed by atoms with E-state index >= 15 is 0 Å². The quantitative estimate of drug-likeness (QED) is 0.881. The molecule has 120 valence electrons. The van der Waals surface area contributed by atoms with E-state index in [1.54, 1.807) is 6.20 Å². The van der Waals surface area contributed by atoms with E-state index in [-0.39, 0.29) is 18.3 Å². The van der Waals surface area contributed by atoms with Gasteiger partial charge < -0.3 is 19.5 Å². The van der Waals surface area contributed by atoms with Crippen molar-refractivity contribution in [2.24, 2.45) is 0 Å². The van der Waals surface area contributed by atoms with Gasteiger partial charge in [0.1, 0.15) is 6.10 Å². The summed E-state index contributed by atoms with van der Waals surface area (Å²) in [5.74, 6) is 0.632. The summed E-state index contributed by atoms with van der Waals surface area (Å²) in [6, 6.07) is 3.72. The van der Waals surface area contributed by atoms with Crippen molar-refractivity contribution in [3.8, 4) is 5.88 Å². The lowest BCUT2D eigenvalue weighted by Gasteiger charge is -2.39. The predicted molar refractivity (Wildman–Crippen MR) is 83.1 cm³/mol. The van der Waals surface area contributed by atoms with Crippen LogP contribution in [0.3, 0.4) is 0 Å². The summed E-state index contributed by atoms with van der Waals surface area (Å²) < 4.78 is 12.8. The number of hydrogen-bond acceptors (Lipinski definition) is 4. The molecule has 1 N–H and O–H groups in total. The minimum Gasteiger partial charge on any atom is -0.474 e. The summed E-state index contributed by atoms with van der Waals surface area (Å²) in [5, 5.41) is 8.92.